The van der Waals surface area contributed by atoms with E-state index in [-0.39, 0.29) is 18.2 Å². The van der Waals surface area contributed by atoms with Crippen molar-refractivity contribution >= 4 is 11.8 Å². The van der Waals surface area contributed by atoms with Crippen molar-refractivity contribution in [1.29, 1.82) is 0 Å². The van der Waals surface area contributed by atoms with Crippen molar-refractivity contribution in [3.05, 3.63) is 0 Å². The molecule has 0 saturated heterocycles. The van der Waals surface area contributed by atoms with Gasteiger partial charge in [0, 0.05) is 11.8 Å². The summed E-state index contributed by atoms with van der Waals surface area (Å²) in [6.07, 6.45) is 4.54. The normalized spacial score (nSPS) is 26.4. The Morgan fingerprint density at radius 2 is 2.13 bits per heavy atom. The number of carbonyl (C=O) groups excluding carboxylic acids is 2. The largest absolute Gasteiger partial charge is 0.466 e. The topological polar surface area (TPSA) is 43.4 Å². The number of hydrogen-bond acceptors (Lipinski definition) is 3. The number of rotatable bonds is 4. The summed E-state index contributed by atoms with van der Waals surface area (Å²) in [5.74, 6) is 0.0268. The molecule has 0 amide bonds. The van der Waals surface area contributed by atoms with Crippen LogP contribution >= 0.6 is 0 Å². The lowest BCUT2D eigenvalue weighted by Crippen LogP contribution is -2.36. The maximum Gasteiger partial charge on any atom is 0.306 e. The maximum absolute atomic E-state index is 11.9. The molecule has 0 spiro atoms. The van der Waals surface area contributed by atoms with Gasteiger partial charge in [-0.3, -0.25) is 9.59 Å². The van der Waals surface area contributed by atoms with E-state index in [0.29, 0.717) is 13.0 Å². The molecule has 1 aliphatic rings. The van der Waals surface area contributed by atoms with E-state index in [1.165, 1.54) is 0 Å². The molecule has 3 nitrogen and oxygen atoms in total. The molecule has 0 radical (unpaired) electrons. The van der Waals surface area contributed by atoms with Crippen LogP contribution in [0.4, 0.5) is 0 Å². The van der Waals surface area contributed by atoms with Gasteiger partial charge in [-0.05, 0) is 26.2 Å². The zero-order chi connectivity index (χ0) is 11.3. The Hall–Kier alpha value is -0.860. The van der Waals surface area contributed by atoms with Gasteiger partial charge in [0.05, 0.1) is 13.0 Å². The molecule has 0 heterocycles. The van der Waals surface area contributed by atoms with Gasteiger partial charge in [-0.15, -0.1) is 0 Å². The predicted octanol–water partition coefficient (Wildman–Crippen LogP) is 2.48. The molecule has 1 saturated carbocycles. The minimum atomic E-state index is -0.412. The van der Waals surface area contributed by atoms with Gasteiger partial charge in [-0.25, -0.2) is 0 Å². The molecule has 0 aromatic heterocycles. The monoisotopic (exact) mass is 212 g/mol. The fraction of sp³-hybridized carbons (Fsp3) is 0.833. The van der Waals surface area contributed by atoms with Crippen molar-refractivity contribution in [3.8, 4) is 0 Å². The van der Waals surface area contributed by atoms with E-state index >= 15 is 0 Å². The lowest BCUT2D eigenvalue weighted by Gasteiger charge is -2.33. The molecule has 0 bridgehead atoms. The van der Waals surface area contributed by atoms with Gasteiger partial charge >= 0.3 is 5.97 Å². The second-order valence-corrected chi connectivity index (χ2v) is 4.25. The first-order valence-corrected chi connectivity index (χ1v) is 5.83. The molecule has 15 heavy (non-hydrogen) atoms. The average Bonchev–Trinajstić information content (AvgIpc) is 2.22. The fourth-order valence-electron chi connectivity index (χ4n) is 2.33. The number of carbonyl (C=O) groups is 2. The maximum atomic E-state index is 11.9. The highest BCUT2D eigenvalue weighted by molar-refractivity contribution is 5.89. The Bertz CT molecular complexity index is 247. The van der Waals surface area contributed by atoms with E-state index in [4.69, 9.17) is 4.74 Å². The van der Waals surface area contributed by atoms with Crippen LogP contribution < -0.4 is 0 Å². The van der Waals surface area contributed by atoms with Crippen molar-refractivity contribution in [1.82, 2.24) is 0 Å². The van der Waals surface area contributed by atoms with Crippen LogP contribution in [0.1, 0.15) is 52.4 Å². The summed E-state index contributed by atoms with van der Waals surface area (Å²) in [5, 5.41) is 0. The predicted molar refractivity (Wildman–Crippen MR) is 57.4 cm³/mol. The molecule has 0 aromatic carbocycles. The third-order valence-electron chi connectivity index (χ3n) is 3.37. The molecule has 86 valence electrons. The summed E-state index contributed by atoms with van der Waals surface area (Å²) in [7, 11) is 0. The van der Waals surface area contributed by atoms with Gasteiger partial charge in [0.1, 0.15) is 5.78 Å². The van der Waals surface area contributed by atoms with Crippen LogP contribution in [0.5, 0.6) is 0 Å². The minimum Gasteiger partial charge on any atom is -0.466 e. The van der Waals surface area contributed by atoms with Crippen molar-refractivity contribution in [2.75, 3.05) is 6.61 Å². The van der Waals surface area contributed by atoms with E-state index in [1.54, 1.807) is 6.92 Å². The highest BCUT2D eigenvalue weighted by Crippen LogP contribution is 2.39. The third-order valence-corrected chi connectivity index (χ3v) is 3.37. The molecule has 0 aromatic rings. The average molecular weight is 212 g/mol. The standard InChI is InChI=1S/C12H20O3/c1-3-12(9-11(14)15-4-2)8-6-5-7-10(12)13/h3-9H2,1-2H3. The highest BCUT2D eigenvalue weighted by Gasteiger charge is 2.40. The zero-order valence-corrected chi connectivity index (χ0v) is 9.67. The van der Waals surface area contributed by atoms with Gasteiger partial charge in [0.15, 0.2) is 0 Å². The van der Waals surface area contributed by atoms with Crippen LogP contribution in [0.2, 0.25) is 0 Å². The van der Waals surface area contributed by atoms with Crippen molar-refractivity contribution < 1.29 is 14.3 Å². The number of esters is 1. The molecule has 1 atom stereocenters. The summed E-state index contributed by atoms with van der Waals surface area (Å²) in [6, 6.07) is 0. The lowest BCUT2D eigenvalue weighted by atomic mass is 9.69. The molecular weight excluding hydrogens is 192 g/mol. The Morgan fingerprint density at radius 1 is 1.40 bits per heavy atom. The van der Waals surface area contributed by atoms with E-state index in [0.717, 1.165) is 25.7 Å². The summed E-state index contributed by atoms with van der Waals surface area (Å²) < 4.78 is 4.93. The van der Waals surface area contributed by atoms with Crippen LogP contribution in [0.3, 0.4) is 0 Å². The fourth-order valence-corrected chi connectivity index (χ4v) is 2.33. The molecule has 1 rings (SSSR count). The van der Waals surface area contributed by atoms with E-state index < -0.39 is 5.41 Å². The quantitative estimate of drug-likeness (QED) is 0.672. The second-order valence-electron chi connectivity index (χ2n) is 4.25. The Morgan fingerprint density at radius 3 is 2.67 bits per heavy atom. The van der Waals surface area contributed by atoms with Crippen LogP contribution in [-0.4, -0.2) is 18.4 Å². The molecular formula is C12H20O3. The smallest absolute Gasteiger partial charge is 0.306 e. The second kappa shape index (κ2) is 5.29. The molecule has 1 fully saturated rings. The Balaban J connectivity index is 2.66. The SMILES string of the molecule is CCOC(=O)CC1(CC)CCCCC1=O. The van der Waals surface area contributed by atoms with Crippen LogP contribution in [0.25, 0.3) is 0 Å². The van der Waals surface area contributed by atoms with Crippen LogP contribution in [-0.2, 0) is 14.3 Å². The molecule has 1 unspecified atom stereocenters. The Labute approximate surface area is 91.2 Å². The highest BCUT2D eigenvalue weighted by atomic mass is 16.5. The summed E-state index contributed by atoms with van der Waals surface area (Å²) in [6.45, 7) is 4.18. The summed E-state index contributed by atoms with van der Waals surface area (Å²) in [5.41, 5.74) is -0.412. The van der Waals surface area contributed by atoms with Gasteiger partial charge in [-0.1, -0.05) is 13.3 Å². The van der Waals surface area contributed by atoms with Crippen molar-refractivity contribution in [2.24, 2.45) is 5.41 Å². The Kier molecular flexibility index (Phi) is 4.30. The number of ketones is 1. The minimum absolute atomic E-state index is 0.227. The number of Topliss-reactive ketones (excluding diaryl/α,β-unsaturated/α-hetero) is 1. The van der Waals surface area contributed by atoms with E-state index in [9.17, 15) is 9.59 Å². The first-order valence-electron chi connectivity index (χ1n) is 5.83. The van der Waals surface area contributed by atoms with E-state index in [2.05, 4.69) is 0 Å². The van der Waals surface area contributed by atoms with Gasteiger partial charge in [0.2, 0.25) is 0 Å². The lowest BCUT2D eigenvalue weighted by molar-refractivity contribution is -0.151. The van der Waals surface area contributed by atoms with Crippen LogP contribution in [0.15, 0.2) is 0 Å². The zero-order valence-electron chi connectivity index (χ0n) is 9.67. The number of ether oxygens (including phenoxy) is 1. The molecule has 0 aliphatic heterocycles. The van der Waals surface area contributed by atoms with Gasteiger partial charge < -0.3 is 4.74 Å². The molecule has 0 N–H and O–H groups in total. The molecule has 1 aliphatic carbocycles. The van der Waals surface area contributed by atoms with Crippen molar-refractivity contribution in [3.63, 3.8) is 0 Å². The van der Waals surface area contributed by atoms with Crippen molar-refractivity contribution in [2.45, 2.75) is 52.4 Å². The first kappa shape index (κ1) is 12.2. The summed E-state index contributed by atoms with van der Waals surface area (Å²) in [4.78, 5) is 23.3. The molecule has 3 heteroatoms. The van der Waals surface area contributed by atoms with E-state index in [1.807, 2.05) is 6.92 Å². The van der Waals surface area contributed by atoms with Gasteiger partial charge in [-0.2, -0.15) is 0 Å². The number of hydrogen-bond donors (Lipinski definition) is 0. The van der Waals surface area contributed by atoms with Gasteiger partial charge in [0.25, 0.3) is 0 Å². The first-order chi connectivity index (χ1) is 7.14. The summed E-state index contributed by atoms with van der Waals surface area (Å²) >= 11 is 0. The van der Waals surface area contributed by atoms with Crippen LogP contribution in [0, 0.1) is 5.41 Å². The third kappa shape index (κ3) is 2.80.